The van der Waals surface area contributed by atoms with Crippen molar-refractivity contribution in [1.82, 2.24) is 10.6 Å². The third-order valence-electron chi connectivity index (χ3n) is 1.12. The van der Waals surface area contributed by atoms with Crippen molar-refractivity contribution in [3.05, 3.63) is 0 Å². The van der Waals surface area contributed by atoms with Crippen LogP contribution in [0.3, 0.4) is 0 Å². The average Bonchev–Trinajstić information content (AvgIpc) is 2.00. The second-order valence-corrected chi connectivity index (χ2v) is 2.63. The topological polar surface area (TPSA) is 78.4 Å². The van der Waals surface area contributed by atoms with Gasteiger partial charge in [0.05, 0.1) is 0 Å². The number of carboxylic acids is 1. The van der Waals surface area contributed by atoms with E-state index in [1.165, 1.54) is 6.92 Å². The zero-order chi connectivity index (χ0) is 9.56. The Morgan fingerprint density at radius 2 is 2.17 bits per heavy atom. The zero-order valence-electron chi connectivity index (χ0n) is 6.70. The number of amides is 2. The number of urea groups is 1. The highest BCUT2D eigenvalue weighted by Crippen LogP contribution is 1.80. The zero-order valence-corrected chi connectivity index (χ0v) is 7.60. The van der Waals surface area contributed by atoms with E-state index in [-0.39, 0.29) is 0 Å². The fourth-order valence-electron chi connectivity index (χ4n) is 0.479. The van der Waals surface area contributed by atoms with Crippen molar-refractivity contribution in [2.45, 2.75) is 13.0 Å². The quantitative estimate of drug-likeness (QED) is 0.461. The molecule has 0 saturated carbocycles. The second-order valence-electron chi connectivity index (χ2n) is 2.18. The molecular formula is C6H12N2O3S. The van der Waals surface area contributed by atoms with Gasteiger partial charge in [-0.05, 0) is 6.92 Å². The highest BCUT2D eigenvalue weighted by atomic mass is 32.1. The predicted octanol–water partition coefficient (Wildman–Crippen LogP) is -0.312. The number of carboxylic acid groups (broad SMARTS) is 1. The van der Waals surface area contributed by atoms with Crippen LogP contribution >= 0.6 is 12.6 Å². The largest absolute Gasteiger partial charge is 0.480 e. The van der Waals surface area contributed by atoms with Crippen LogP contribution < -0.4 is 10.6 Å². The van der Waals surface area contributed by atoms with Crippen molar-refractivity contribution in [1.29, 1.82) is 0 Å². The SMILES string of the molecule is C[C@H](NC(=O)NCCS)C(=O)O. The van der Waals surface area contributed by atoms with E-state index in [2.05, 4.69) is 23.3 Å². The van der Waals surface area contributed by atoms with Crippen LogP contribution in [-0.4, -0.2) is 35.4 Å². The summed E-state index contributed by atoms with van der Waals surface area (Å²) in [4.78, 5) is 21.0. The van der Waals surface area contributed by atoms with Crippen LogP contribution in [-0.2, 0) is 4.79 Å². The molecule has 0 aliphatic heterocycles. The third-order valence-corrected chi connectivity index (χ3v) is 1.34. The summed E-state index contributed by atoms with van der Waals surface area (Å²) in [5.41, 5.74) is 0. The summed E-state index contributed by atoms with van der Waals surface area (Å²) < 4.78 is 0. The molecule has 0 unspecified atom stereocenters. The Morgan fingerprint density at radius 1 is 1.58 bits per heavy atom. The lowest BCUT2D eigenvalue weighted by molar-refractivity contribution is -0.138. The van der Waals surface area contributed by atoms with Gasteiger partial charge in [0.1, 0.15) is 6.04 Å². The molecule has 0 aromatic carbocycles. The van der Waals surface area contributed by atoms with Gasteiger partial charge in [-0.25, -0.2) is 4.79 Å². The van der Waals surface area contributed by atoms with Crippen LogP contribution in [0.25, 0.3) is 0 Å². The van der Waals surface area contributed by atoms with Crippen LogP contribution in [0.2, 0.25) is 0 Å². The molecule has 6 heteroatoms. The second kappa shape index (κ2) is 5.70. The number of rotatable bonds is 4. The minimum absolute atomic E-state index is 0.418. The van der Waals surface area contributed by atoms with Gasteiger partial charge in [0.25, 0.3) is 0 Å². The van der Waals surface area contributed by atoms with Gasteiger partial charge in [0.15, 0.2) is 0 Å². The van der Waals surface area contributed by atoms with Crippen molar-refractivity contribution in [3.63, 3.8) is 0 Å². The number of hydrogen-bond donors (Lipinski definition) is 4. The minimum Gasteiger partial charge on any atom is -0.480 e. The summed E-state index contributed by atoms with van der Waals surface area (Å²) in [6, 6.07) is -1.36. The molecule has 70 valence electrons. The van der Waals surface area contributed by atoms with E-state index in [0.29, 0.717) is 12.3 Å². The van der Waals surface area contributed by atoms with E-state index in [9.17, 15) is 9.59 Å². The Bertz CT molecular complexity index is 174. The first-order valence-corrected chi connectivity index (χ1v) is 4.09. The van der Waals surface area contributed by atoms with Gasteiger partial charge in [0.2, 0.25) is 0 Å². The molecule has 0 fully saturated rings. The maximum Gasteiger partial charge on any atom is 0.325 e. The van der Waals surface area contributed by atoms with Crippen molar-refractivity contribution >= 4 is 24.6 Å². The number of carbonyl (C=O) groups excluding carboxylic acids is 1. The van der Waals surface area contributed by atoms with E-state index in [1.54, 1.807) is 0 Å². The molecule has 1 atom stereocenters. The van der Waals surface area contributed by atoms with Crippen LogP contribution in [0.15, 0.2) is 0 Å². The lowest BCUT2D eigenvalue weighted by atomic mass is 10.3. The number of carbonyl (C=O) groups is 2. The van der Waals surface area contributed by atoms with Crippen LogP contribution in [0.5, 0.6) is 0 Å². The predicted molar refractivity (Wildman–Crippen MR) is 47.5 cm³/mol. The molecule has 0 spiro atoms. The maximum absolute atomic E-state index is 10.8. The molecule has 2 amide bonds. The molecule has 0 aliphatic rings. The molecule has 3 N–H and O–H groups in total. The molecule has 0 aromatic heterocycles. The third kappa shape index (κ3) is 4.84. The molecule has 5 nitrogen and oxygen atoms in total. The van der Waals surface area contributed by atoms with Crippen molar-refractivity contribution < 1.29 is 14.7 Å². The Labute approximate surface area is 75.9 Å². The van der Waals surface area contributed by atoms with Gasteiger partial charge in [-0.2, -0.15) is 12.6 Å². The number of aliphatic carboxylic acids is 1. The first-order valence-electron chi connectivity index (χ1n) is 3.46. The molecule has 12 heavy (non-hydrogen) atoms. The Hall–Kier alpha value is -0.910. The Balaban J connectivity index is 3.61. The molecular weight excluding hydrogens is 180 g/mol. The lowest BCUT2D eigenvalue weighted by Gasteiger charge is -2.09. The summed E-state index contributed by atoms with van der Waals surface area (Å²) in [7, 11) is 0. The number of nitrogens with one attached hydrogen (secondary N) is 2. The van der Waals surface area contributed by atoms with Crippen molar-refractivity contribution in [2.75, 3.05) is 12.3 Å². The van der Waals surface area contributed by atoms with Crippen LogP contribution in [0.4, 0.5) is 4.79 Å². The van der Waals surface area contributed by atoms with E-state index in [4.69, 9.17) is 5.11 Å². The van der Waals surface area contributed by atoms with Crippen molar-refractivity contribution in [3.8, 4) is 0 Å². The fourth-order valence-corrected chi connectivity index (χ4v) is 0.591. The molecule has 0 bridgehead atoms. The molecule has 0 rings (SSSR count). The van der Waals surface area contributed by atoms with Gasteiger partial charge in [-0.3, -0.25) is 4.79 Å². The van der Waals surface area contributed by atoms with E-state index in [1.807, 2.05) is 0 Å². The fraction of sp³-hybridized carbons (Fsp3) is 0.667. The summed E-state index contributed by atoms with van der Waals surface area (Å²) in [5.74, 6) is -0.537. The van der Waals surface area contributed by atoms with Crippen LogP contribution in [0, 0.1) is 0 Å². The Kier molecular flexibility index (Phi) is 5.27. The highest BCUT2D eigenvalue weighted by molar-refractivity contribution is 7.80. The summed E-state index contributed by atoms with van der Waals surface area (Å²) in [5, 5.41) is 13.1. The lowest BCUT2D eigenvalue weighted by Crippen LogP contribution is -2.44. The maximum atomic E-state index is 10.8. The smallest absolute Gasteiger partial charge is 0.325 e. The van der Waals surface area contributed by atoms with Gasteiger partial charge in [-0.1, -0.05) is 0 Å². The normalized spacial score (nSPS) is 11.8. The Morgan fingerprint density at radius 3 is 2.58 bits per heavy atom. The standard InChI is InChI=1S/C6H12N2O3S/c1-4(5(9)10)8-6(11)7-2-3-12/h4,12H,2-3H2,1H3,(H,9,10)(H2,7,8,11)/t4-/m0/s1. The monoisotopic (exact) mass is 192 g/mol. The number of hydrogen-bond acceptors (Lipinski definition) is 3. The molecule has 0 radical (unpaired) electrons. The first kappa shape index (κ1) is 11.1. The molecule has 0 aromatic rings. The van der Waals surface area contributed by atoms with Gasteiger partial charge >= 0.3 is 12.0 Å². The first-order chi connectivity index (χ1) is 5.57. The summed E-state index contributed by atoms with van der Waals surface area (Å²) in [6.45, 7) is 1.81. The van der Waals surface area contributed by atoms with Crippen molar-refractivity contribution in [2.24, 2.45) is 0 Å². The summed E-state index contributed by atoms with van der Waals surface area (Å²) >= 11 is 3.87. The van der Waals surface area contributed by atoms with Gasteiger partial charge in [-0.15, -0.1) is 0 Å². The number of thiol groups is 1. The molecule has 0 saturated heterocycles. The van der Waals surface area contributed by atoms with E-state index < -0.39 is 18.0 Å². The summed E-state index contributed by atoms with van der Waals surface area (Å²) in [6.07, 6.45) is 0. The molecule has 0 aliphatic carbocycles. The molecule has 0 heterocycles. The van der Waals surface area contributed by atoms with Crippen LogP contribution in [0.1, 0.15) is 6.92 Å². The van der Waals surface area contributed by atoms with E-state index >= 15 is 0 Å². The van der Waals surface area contributed by atoms with Gasteiger partial charge in [0, 0.05) is 12.3 Å². The van der Waals surface area contributed by atoms with Gasteiger partial charge < -0.3 is 15.7 Å². The average molecular weight is 192 g/mol. The highest BCUT2D eigenvalue weighted by Gasteiger charge is 2.12. The minimum atomic E-state index is -1.06. The van der Waals surface area contributed by atoms with E-state index in [0.717, 1.165) is 0 Å².